The van der Waals surface area contributed by atoms with Crippen molar-refractivity contribution in [2.45, 2.75) is 6.54 Å². The Morgan fingerprint density at radius 2 is 1.56 bits per heavy atom. The predicted octanol–water partition coefficient (Wildman–Crippen LogP) is 2.67. The van der Waals surface area contributed by atoms with Crippen molar-refractivity contribution in [1.82, 2.24) is 9.13 Å². The van der Waals surface area contributed by atoms with E-state index in [0.29, 0.717) is 10.7 Å². The third kappa shape index (κ3) is 3.59. The van der Waals surface area contributed by atoms with Crippen molar-refractivity contribution in [3.05, 3.63) is 98.0 Å². The normalized spacial score (nSPS) is 10.6. The number of halogens is 2. The summed E-state index contributed by atoms with van der Waals surface area (Å²) in [5.41, 5.74) is -0.858. The molecule has 0 bridgehead atoms. The Morgan fingerprint density at radius 3 is 2.20 bits per heavy atom. The van der Waals surface area contributed by atoms with E-state index < -0.39 is 22.7 Å². The number of aromatic nitrogens is 2. The number of hydrogen-bond donors (Lipinski definition) is 0. The van der Waals surface area contributed by atoms with Gasteiger partial charge in [-0.3, -0.25) is 19.0 Å². The minimum Gasteiger partial charge on any atom is -0.301 e. The lowest BCUT2D eigenvalue weighted by Crippen LogP contribution is -2.41. The van der Waals surface area contributed by atoms with Gasteiger partial charge in [-0.1, -0.05) is 11.6 Å². The van der Waals surface area contributed by atoms with E-state index in [9.17, 15) is 18.8 Å². The monoisotopic (exact) mass is 358 g/mol. The van der Waals surface area contributed by atoms with Gasteiger partial charge in [0.05, 0.1) is 6.54 Å². The Hall–Kier alpha value is -2.99. The highest BCUT2D eigenvalue weighted by Gasteiger charge is 2.11. The van der Waals surface area contributed by atoms with Gasteiger partial charge in [-0.05, 0) is 48.5 Å². The Labute approximate surface area is 146 Å². The van der Waals surface area contributed by atoms with Gasteiger partial charge in [0.2, 0.25) is 0 Å². The first-order valence-corrected chi connectivity index (χ1v) is 7.70. The van der Waals surface area contributed by atoms with Crippen LogP contribution in [0.1, 0.15) is 10.4 Å². The van der Waals surface area contributed by atoms with Crippen molar-refractivity contribution < 1.29 is 9.18 Å². The van der Waals surface area contributed by atoms with Gasteiger partial charge in [-0.25, -0.2) is 4.39 Å². The number of ketones is 1. The molecule has 0 spiro atoms. The maximum atomic E-state index is 12.9. The quantitative estimate of drug-likeness (QED) is 0.532. The van der Waals surface area contributed by atoms with Crippen LogP contribution in [0.15, 0.2) is 70.5 Å². The molecule has 0 radical (unpaired) electrons. The molecular formula is C18H12ClFN2O3. The summed E-state index contributed by atoms with van der Waals surface area (Å²) in [6.07, 6.45) is 2.77. The lowest BCUT2D eigenvalue weighted by molar-refractivity contribution is 0.0970. The third-order valence-corrected chi connectivity index (χ3v) is 3.90. The highest BCUT2D eigenvalue weighted by Crippen LogP contribution is 2.11. The molecule has 7 heteroatoms. The van der Waals surface area contributed by atoms with Crippen molar-refractivity contribution in [1.29, 1.82) is 0 Å². The molecule has 0 unspecified atom stereocenters. The first-order valence-electron chi connectivity index (χ1n) is 7.32. The van der Waals surface area contributed by atoms with E-state index in [1.54, 1.807) is 24.3 Å². The Morgan fingerprint density at radius 1 is 0.920 bits per heavy atom. The van der Waals surface area contributed by atoms with Crippen molar-refractivity contribution in [3.63, 3.8) is 0 Å². The standard InChI is InChI=1S/C18H12ClFN2O3/c19-13-3-7-15(8-4-13)22-10-9-21(17(24)18(22)25)11-16(23)12-1-5-14(20)6-2-12/h1-10H,11H2. The Kier molecular flexibility index (Phi) is 4.63. The first kappa shape index (κ1) is 16.9. The molecular weight excluding hydrogens is 347 g/mol. The van der Waals surface area contributed by atoms with Gasteiger partial charge in [0.25, 0.3) is 0 Å². The molecule has 0 saturated carbocycles. The van der Waals surface area contributed by atoms with Crippen LogP contribution in [0.3, 0.4) is 0 Å². The van der Waals surface area contributed by atoms with Gasteiger partial charge in [0.15, 0.2) is 5.78 Å². The zero-order chi connectivity index (χ0) is 18.0. The highest BCUT2D eigenvalue weighted by atomic mass is 35.5. The fraction of sp³-hybridized carbons (Fsp3) is 0.0556. The predicted molar refractivity (Wildman–Crippen MR) is 92.0 cm³/mol. The summed E-state index contributed by atoms with van der Waals surface area (Å²) in [6, 6.07) is 11.4. The fourth-order valence-electron chi connectivity index (χ4n) is 2.32. The molecule has 0 amide bonds. The van der Waals surface area contributed by atoms with Gasteiger partial charge in [0.1, 0.15) is 5.82 Å². The van der Waals surface area contributed by atoms with Crippen LogP contribution < -0.4 is 11.1 Å². The molecule has 2 aromatic carbocycles. The van der Waals surface area contributed by atoms with Gasteiger partial charge in [-0.2, -0.15) is 0 Å². The molecule has 0 saturated heterocycles. The maximum absolute atomic E-state index is 12.9. The lowest BCUT2D eigenvalue weighted by atomic mass is 10.1. The fourth-order valence-corrected chi connectivity index (χ4v) is 2.45. The SMILES string of the molecule is O=C(Cn1ccn(-c2ccc(Cl)cc2)c(=O)c1=O)c1ccc(F)cc1. The summed E-state index contributed by atoms with van der Waals surface area (Å²) in [5, 5.41) is 0.509. The lowest BCUT2D eigenvalue weighted by Gasteiger charge is -2.09. The van der Waals surface area contributed by atoms with Crippen molar-refractivity contribution in [2.75, 3.05) is 0 Å². The zero-order valence-electron chi connectivity index (χ0n) is 12.9. The third-order valence-electron chi connectivity index (χ3n) is 3.64. The summed E-state index contributed by atoms with van der Waals surface area (Å²) in [4.78, 5) is 36.7. The van der Waals surface area contributed by atoms with Crippen LogP contribution in [0.4, 0.5) is 4.39 Å². The molecule has 0 N–H and O–H groups in total. The van der Waals surface area contributed by atoms with E-state index in [4.69, 9.17) is 11.6 Å². The summed E-state index contributed by atoms with van der Waals surface area (Å²) in [5.74, 6) is -0.856. The molecule has 0 aliphatic rings. The minimum absolute atomic E-state index is 0.259. The largest absolute Gasteiger partial charge is 0.320 e. The second kappa shape index (κ2) is 6.86. The van der Waals surface area contributed by atoms with Gasteiger partial charge in [-0.15, -0.1) is 0 Å². The second-order valence-corrected chi connectivity index (χ2v) is 5.75. The van der Waals surface area contributed by atoms with Crippen LogP contribution in [-0.4, -0.2) is 14.9 Å². The molecule has 1 heterocycles. The molecule has 3 aromatic rings. The second-order valence-electron chi connectivity index (χ2n) is 5.31. The molecule has 25 heavy (non-hydrogen) atoms. The number of benzene rings is 2. The minimum atomic E-state index is -0.826. The van der Waals surface area contributed by atoms with Crippen molar-refractivity contribution in [2.24, 2.45) is 0 Å². The van der Waals surface area contributed by atoms with Gasteiger partial charge in [0, 0.05) is 28.7 Å². The number of carbonyl (C=O) groups is 1. The Balaban J connectivity index is 1.91. The van der Waals surface area contributed by atoms with E-state index in [0.717, 1.165) is 16.7 Å². The molecule has 0 fully saturated rings. The molecule has 5 nitrogen and oxygen atoms in total. The number of hydrogen-bond acceptors (Lipinski definition) is 3. The van der Waals surface area contributed by atoms with Crippen LogP contribution in [0.5, 0.6) is 0 Å². The Bertz CT molecular complexity index is 1040. The maximum Gasteiger partial charge on any atom is 0.320 e. The number of rotatable bonds is 4. The highest BCUT2D eigenvalue weighted by molar-refractivity contribution is 6.30. The van der Waals surface area contributed by atoms with Crippen LogP contribution >= 0.6 is 11.6 Å². The molecule has 0 atom stereocenters. The zero-order valence-corrected chi connectivity index (χ0v) is 13.6. The number of Topliss-reactive ketones (excluding diaryl/α,β-unsaturated/α-hetero) is 1. The topological polar surface area (TPSA) is 61.1 Å². The van der Waals surface area contributed by atoms with Crippen LogP contribution in [0.2, 0.25) is 5.02 Å². The van der Waals surface area contributed by atoms with Crippen LogP contribution in [0.25, 0.3) is 5.69 Å². The van der Waals surface area contributed by atoms with E-state index in [1.165, 1.54) is 29.1 Å². The summed E-state index contributed by atoms with van der Waals surface area (Å²) < 4.78 is 15.1. The average molecular weight is 359 g/mol. The van der Waals surface area contributed by atoms with Gasteiger partial charge >= 0.3 is 11.1 Å². The molecule has 126 valence electrons. The van der Waals surface area contributed by atoms with E-state index >= 15 is 0 Å². The molecule has 3 rings (SSSR count). The summed E-state index contributed by atoms with van der Waals surface area (Å²) in [7, 11) is 0. The summed E-state index contributed by atoms with van der Waals surface area (Å²) >= 11 is 5.81. The van der Waals surface area contributed by atoms with E-state index in [1.807, 2.05) is 0 Å². The van der Waals surface area contributed by atoms with Crippen LogP contribution in [0, 0.1) is 5.82 Å². The van der Waals surface area contributed by atoms with Crippen molar-refractivity contribution >= 4 is 17.4 Å². The molecule has 0 aliphatic heterocycles. The summed E-state index contributed by atoms with van der Waals surface area (Å²) in [6.45, 7) is -0.304. The van der Waals surface area contributed by atoms with Crippen molar-refractivity contribution in [3.8, 4) is 5.69 Å². The number of carbonyl (C=O) groups excluding carboxylic acids is 1. The molecule has 0 aliphatic carbocycles. The molecule has 1 aromatic heterocycles. The van der Waals surface area contributed by atoms with E-state index in [-0.39, 0.29) is 12.1 Å². The smallest absolute Gasteiger partial charge is 0.301 e. The number of nitrogens with zero attached hydrogens (tertiary/aromatic N) is 2. The van der Waals surface area contributed by atoms with Gasteiger partial charge < -0.3 is 4.57 Å². The average Bonchev–Trinajstić information content (AvgIpc) is 2.61. The van der Waals surface area contributed by atoms with Crippen LogP contribution in [-0.2, 0) is 6.54 Å². The van der Waals surface area contributed by atoms with E-state index in [2.05, 4.69) is 0 Å². The first-order chi connectivity index (χ1) is 12.0.